The van der Waals surface area contributed by atoms with Gasteiger partial charge in [-0.05, 0) is 67.3 Å². The molecular weight excluding hydrogens is 444 g/mol. The Morgan fingerprint density at radius 2 is 1.72 bits per heavy atom. The Morgan fingerprint density at radius 3 is 2.34 bits per heavy atom. The number of anilines is 1. The van der Waals surface area contributed by atoms with Crippen LogP contribution >= 0.6 is 11.8 Å². The Kier molecular flexibility index (Phi) is 7.82. The van der Waals surface area contributed by atoms with E-state index in [0.717, 1.165) is 20.3 Å². The zero-order valence-electron chi connectivity index (χ0n) is 18.2. The first-order chi connectivity index (χ1) is 15.3. The molecule has 168 valence electrons. The fourth-order valence-corrected chi connectivity index (χ4v) is 4.90. The highest BCUT2D eigenvalue weighted by molar-refractivity contribution is 7.98. The van der Waals surface area contributed by atoms with E-state index in [4.69, 9.17) is 4.74 Å². The van der Waals surface area contributed by atoms with E-state index in [1.807, 2.05) is 49.6 Å². The Labute approximate surface area is 193 Å². The van der Waals surface area contributed by atoms with E-state index < -0.39 is 15.9 Å². The van der Waals surface area contributed by atoms with Crippen molar-refractivity contribution in [3.05, 3.63) is 83.9 Å². The van der Waals surface area contributed by atoms with Crippen LogP contribution < -0.4 is 14.4 Å². The number of carbonyl (C=O) groups is 1. The van der Waals surface area contributed by atoms with Crippen molar-refractivity contribution in [3.8, 4) is 5.75 Å². The van der Waals surface area contributed by atoms with Crippen molar-refractivity contribution in [1.29, 1.82) is 0 Å². The lowest BCUT2D eigenvalue weighted by Crippen LogP contribution is -2.40. The molecule has 3 rings (SSSR count). The summed E-state index contributed by atoms with van der Waals surface area (Å²) in [5, 5.41) is 2.80. The lowest BCUT2D eigenvalue weighted by atomic mass is 10.2. The summed E-state index contributed by atoms with van der Waals surface area (Å²) < 4.78 is 33.2. The summed E-state index contributed by atoms with van der Waals surface area (Å²) in [6.07, 6.45) is 1.93. The van der Waals surface area contributed by atoms with Crippen LogP contribution in [-0.2, 0) is 21.4 Å². The molecule has 0 aliphatic heterocycles. The highest BCUT2D eigenvalue weighted by atomic mass is 32.2. The molecule has 1 N–H and O–H groups in total. The molecule has 0 aliphatic carbocycles. The van der Waals surface area contributed by atoms with Crippen LogP contribution in [0.1, 0.15) is 11.1 Å². The van der Waals surface area contributed by atoms with E-state index in [9.17, 15) is 13.2 Å². The van der Waals surface area contributed by atoms with Gasteiger partial charge in [-0.3, -0.25) is 9.10 Å². The summed E-state index contributed by atoms with van der Waals surface area (Å²) in [4.78, 5) is 13.8. The van der Waals surface area contributed by atoms with Crippen LogP contribution in [0.15, 0.2) is 82.6 Å². The van der Waals surface area contributed by atoms with E-state index in [2.05, 4.69) is 5.32 Å². The third-order valence-electron chi connectivity index (χ3n) is 4.88. The lowest BCUT2D eigenvalue weighted by molar-refractivity contribution is -0.119. The second kappa shape index (κ2) is 10.6. The van der Waals surface area contributed by atoms with Crippen LogP contribution in [0.4, 0.5) is 5.69 Å². The molecule has 0 unspecified atom stereocenters. The van der Waals surface area contributed by atoms with Crippen LogP contribution in [0, 0.1) is 6.92 Å². The van der Waals surface area contributed by atoms with Crippen molar-refractivity contribution in [3.63, 3.8) is 0 Å². The molecule has 0 saturated heterocycles. The van der Waals surface area contributed by atoms with Gasteiger partial charge in [0.05, 0.1) is 17.7 Å². The minimum atomic E-state index is -3.94. The molecule has 6 nitrogen and oxygen atoms in total. The highest BCUT2D eigenvalue weighted by Gasteiger charge is 2.27. The molecule has 8 heteroatoms. The number of sulfonamides is 1. The summed E-state index contributed by atoms with van der Waals surface area (Å²) in [6.45, 7) is 1.85. The van der Waals surface area contributed by atoms with Gasteiger partial charge in [0.25, 0.3) is 10.0 Å². The molecule has 1 amide bonds. The maximum atomic E-state index is 13.4. The number of nitrogens with zero attached hydrogens (tertiary/aromatic N) is 1. The van der Waals surface area contributed by atoms with Crippen molar-refractivity contribution in [1.82, 2.24) is 5.32 Å². The first-order valence-electron chi connectivity index (χ1n) is 9.96. The minimum Gasteiger partial charge on any atom is -0.497 e. The SMILES string of the molecule is COc1cccc(CNC(=O)CN(c2ccc(C)cc2)S(=O)(=O)c2ccc(SC)cc2)c1. The van der Waals surface area contributed by atoms with E-state index in [1.165, 1.54) is 11.8 Å². The van der Waals surface area contributed by atoms with Gasteiger partial charge in [0.1, 0.15) is 12.3 Å². The molecule has 0 fully saturated rings. The summed E-state index contributed by atoms with van der Waals surface area (Å²) in [5.74, 6) is 0.284. The van der Waals surface area contributed by atoms with Gasteiger partial charge in [-0.15, -0.1) is 11.8 Å². The number of benzene rings is 3. The van der Waals surface area contributed by atoms with Crippen molar-refractivity contribution < 1.29 is 17.9 Å². The summed E-state index contributed by atoms with van der Waals surface area (Å²) in [5.41, 5.74) is 2.29. The molecular formula is C24H26N2O4S2. The first-order valence-corrected chi connectivity index (χ1v) is 12.6. The third kappa shape index (κ3) is 5.83. The number of methoxy groups -OCH3 is 1. The number of nitrogens with one attached hydrogen (secondary N) is 1. The summed E-state index contributed by atoms with van der Waals surface area (Å²) in [6, 6.07) is 21.0. The molecule has 0 aromatic heterocycles. The van der Waals surface area contributed by atoms with Gasteiger partial charge in [0.2, 0.25) is 5.91 Å². The Balaban J connectivity index is 1.83. The van der Waals surface area contributed by atoms with Crippen LogP contribution in [0.2, 0.25) is 0 Å². The van der Waals surface area contributed by atoms with E-state index in [0.29, 0.717) is 11.4 Å². The predicted octanol–water partition coefficient (Wildman–Crippen LogP) is 4.24. The van der Waals surface area contributed by atoms with Gasteiger partial charge >= 0.3 is 0 Å². The first kappa shape index (κ1) is 23.7. The molecule has 0 aliphatic rings. The van der Waals surface area contributed by atoms with Gasteiger partial charge in [-0.2, -0.15) is 0 Å². The molecule has 32 heavy (non-hydrogen) atoms. The number of rotatable bonds is 9. The largest absolute Gasteiger partial charge is 0.497 e. The molecule has 0 saturated carbocycles. The standard InChI is InChI=1S/C24H26N2O4S2/c1-18-7-9-20(10-8-18)26(32(28,29)23-13-11-22(31-3)12-14-23)17-24(27)25-16-19-5-4-6-21(15-19)30-2/h4-15H,16-17H2,1-3H3,(H,25,27). The summed E-state index contributed by atoms with van der Waals surface area (Å²) in [7, 11) is -2.36. The number of aryl methyl sites for hydroxylation is 1. The average molecular weight is 471 g/mol. The molecule has 0 bridgehead atoms. The second-order valence-corrected chi connectivity index (χ2v) is 9.89. The van der Waals surface area contributed by atoms with E-state index >= 15 is 0 Å². The topological polar surface area (TPSA) is 75.7 Å². The van der Waals surface area contributed by atoms with Gasteiger partial charge in [0, 0.05) is 11.4 Å². The van der Waals surface area contributed by atoms with Crippen molar-refractivity contribution in [2.24, 2.45) is 0 Å². The van der Waals surface area contributed by atoms with Gasteiger partial charge < -0.3 is 10.1 Å². The van der Waals surface area contributed by atoms with Gasteiger partial charge in [-0.25, -0.2) is 8.42 Å². The fourth-order valence-electron chi connectivity index (χ4n) is 3.07. The molecule has 0 spiro atoms. The zero-order chi connectivity index (χ0) is 23.1. The molecule has 3 aromatic carbocycles. The van der Waals surface area contributed by atoms with Crippen LogP contribution in [0.3, 0.4) is 0 Å². The third-order valence-corrected chi connectivity index (χ3v) is 7.41. The lowest BCUT2D eigenvalue weighted by Gasteiger charge is -2.24. The molecule has 3 aromatic rings. The van der Waals surface area contributed by atoms with E-state index in [1.54, 1.807) is 43.5 Å². The Hall–Kier alpha value is -2.97. The van der Waals surface area contributed by atoms with E-state index in [-0.39, 0.29) is 18.0 Å². The number of carbonyl (C=O) groups excluding carboxylic acids is 1. The van der Waals surface area contributed by atoms with Crippen LogP contribution in [-0.4, -0.2) is 34.2 Å². The zero-order valence-corrected chi connectivity index (χ0v) is 19.9. The van der Waals surface area contributed by atoms with Crippen molar-refractivity contribution in [2.45, 2.75) is 23.3 Å². The number of ether oxygens (including phenoxy) is 1. The maximum Gasteiger partial charge on any atom is 0.264 e. The highest BCUT2D eigenvalue weighted by Crippen LogP contribution is 2.25. The van der Waals surface area contributed by atoms with Crippen molar-refractivity contribution >= 4 is 33.4 Å². The maximum absolute atomic E-state index is 13.4. The normalized spacial score (nSPS) is 11.1. The predicted molar refractivity (Wildman–Crippen MR) is 129 cm³/mol. The molecule has 0 atom stereocenters. The summed E-state index contributed by atoms with van der Waals surface area (Å²) >= 11 is 1.53. The smallest absolute Gasteiger partial charge is 0.264 e. The average Bonchev–Trinajstić information content (AvgIpc) is 2.82. The van der Waals surface area contributed by atoms with Crippen LogP contribution in [0.25, 0.3) is 0 Å². The van der Waals surface area contributed by atoms with Crippen LogP contribution in [0.5, 0.6) is 5.75 Å². The fraction of sp³-hybridized carbons (Fsp3) is 0.208. The number of hydrogen-bond donors (Lipinski definition) is 1. The molecule has 0 radical (unpaired) electrons. The number of hydrogen-bond acceptors (Lipinski definition) is 5. The van der Waals surface area contributed by atoms with Crippen molar-refractivity contribution in [2.75, 3.05) is 24.2 Å². The quantitative estimate of drug-likeness (QED) is 0.474. The van der Waals surface area contributed by atoms with Gasteiger partial charge in [0.15, 0.2) is 0 Å². The Bertz CT molecular complexity index is 1160. The minimum absolute atomic E-state index is 0.136. The number of amides is 1. The Morgan fingerprint density at radius 1 is 1.03 bits per heavy atom. The monoisotopic (exact) mass is 470 g/mol. The second-order valence-electron chi connectivity index (χ2n) is 7.15. The van der Waals surface area contributed by atoms with Gasteiger partial charge in [-0.1, -0.05) is 29.8 Å². The number of thioether (sulfide) groups is 1. The molecule has 0 heterocycles.